The monoisotopic (exact) mass is 409 g/mol. The summed E-state index contributed by atoms with van der Waals surface area (Å²) in [6.07, 6.45) is 1.58. The third kappa shape index (κ3) is 4.40. The zero-order chi connectivity index (χ0) is 18.7. The minimum absolute atomic E-state index is 0.0403. The molecule has 1 fully saturated rings. The summed E-state index contributed by atoms with van der Waals surface area (Å²) in [6.45, 7) is 1.14. The molecular weight excluding hydrogens is 393 g/mol. The van der Waals surface area contributed by atoms with Gasteiger partial charge >= 0.3 is 0 Å². The van der Waals surface area contributed by atoms with E-state index in [1.165, 1.54) is 0 Å². The summed E-state index contributed by atoms with van der Waals surface area (Å²) in [5.74, 6) is -0.00286. The van der Waals surface area contributed by atoms with E-state index in [1.807, 2.05) is 23.1 Å². The van der Waals surface area contributed by atoms with Gasteiger partial charge in [-0.05, 0) is 42.7 Å². The van der Waals surface area contributed by atoms with Crippen LogP contribution in [0.25, 0.3) is 0 Å². The molecule has 0 bridgehead atoms. The van der Waals surface area contributed by atoms with Crippen molar-refractivity contribution < 1.29 is 9.59 Å². The fourth-order valence-corrected chi connectivity index (χ4v) is 3.69. The molecule has 0 saturated carbocycles. The zero-order valence-electron chi connectivity index (χ0n) is 14.1. The molecule has 0 unspecified atom stereocenters. The predicted octanol–water partition coefficient (Wildman–Crippen LogP) is 5.31. The van der Waals surface area contributed by atoms with Gasteiger partial charge in [0.05, 0.1) is 16.5 Å². The molecule has 3 nitrogen and oxygen atoms in total. The molecule has 3 rings (SSSR count). The molecule has 1 amide bonds. The molecule has 1 aliphatic heterocycles. The summed E-state index contributed by atoms with van der Waals surface area (Å²) in [5.41, 5.74) is 1.40. The zero-order valence-corrected chi connectivity index (χ0v) is 16.3. The largest absolute Gasteiger partial charge is 0.342 e. The number of carbonyl (C=O) groups is 2. The summed E-state index contributed by atoms with van der Waals surface area (Å²) in [5, 5.41) is 1.42. The Bertz CT molecular complexity index is 830. The molecule has 2 aromatic rings. The van der Waals surface area contributed by atoms with Crippen LogP contribution < -0.4 is 0 Å². The molecule has 26 heavy (non-hydrogen) atoms. The summed E-state index contributed by atoms with van der Waals surface area (Å²) in [6, 6.07) is 12.3. The Balaban J connectivity index is 1.58. The van der Waals surface area contributed by atoms with E-state index in [0.717, 1.165) is 5.56 Å². The van der Waals surface area contributed by atoms with Crippen LogP contribution in [0.15, 0.2) is 42.5 Å². The standard InChI is InChI=1S/C20H18Cl3NO2/c21-16-4-2-1-3-14(16)12-19(25)24-9-7-13(8-10-24)20(26)15-5-6-17(22)18(23)11-15/h1-6,11,13H,7-10,12H2. The molecule has 6 heteroatoms. The third-order valence-corrected chi connectivity index (χ3v) is 5.83. The van der Waals surface area contributed by atoms with Crippen molar-refractivity contribution in [2.75, 3.05) is 13.1 Å². The lowest BCUT2D eigenvalue weighted by Gasteiger charge is -2.31. The van der Waals surface area contributed by atoms with Gasteiger partial charge in [0.1, 0.15) is 0 Å². The van der Waals surface area contributed by atoms with Gasteiger partial charge in [-0.2, -0.15) is 0 Å². The number of ketones is 1. The van der Waals surface area contributed by atoms with Crippen LogP contribution in [0.1, 0.15) is 28.8 Å². The van der Waals surface area contributed by atoms with Crippen molar-refractivity contribution in [1.29, 1.82) is 0 Å². The van der Waals surface area contributed by atoms with Crippen LogP contribution in [0, 0.1) is 5.92 Å². The lowest BCUT2D eigenvalue weighted by atomic mass is 9.88. The third-order valence-electron chi connectivity index (χ3n) is 4.72. The maximum absolute atomic E-state index is 12.7. The van der Waals surface area contributed by atoms with Crippen molar-refractivity contribution in [3.05, 3.63) is 68.7 Å². The second-order valence-corrected chi connectivity index (χ2v) is 7.64. The number of piperidine rings is 1. The molecular formula is C20H18Cl3NO2. The van der Waals surface area contributed by atoms with Crippen molar-refractivity contribution >= 4 is 46.5 Å². The van der Waals surface area contributed by atoms with Crippen LogP contribution in [0.3, 0.4) is 0 Å². The van der Waals surface area contributed by atoms with Crippen LogP contribution in [0.4, 0.5) is 0 Å². The Kier molecular flexibility index (Phi) is 6.23. The van der Waals surface area contributed by atoms with Gasteiger partial charge in [0.25, 0.3) is 0 Å². The molecule has 136 valence electrons. The quantitative estimate of drug-likeness (QED) is 0.640. The summed E-state index contributed by atoms with van der Waals surface area (Å²) >= 11 is 18.0. The van der Waals surface area contributed by atoms with Crippen molar-refractivity contribution in [2.24, 2.45) is 5.92 Å². The number of benzene rings is 2. The molecule has 0 N–H and O–H groups in total. The van der Waals surface area contributed by atoms with Gasteiger partial charge in [-0.1, -0.05) is 53.0 Å². The van der Waals surface area contributed by atoms with Crippen molar-refractivity contribution in [1.82, 2.24) is 4.90 Å². The second-order valence-electron chi connectivity index (χ2n) is 6.42. The highest BCUT2D eigenvalue weighted by Crippen LogP contribution is 2.27. The number of halogens is 3. The van der Waals surface area contributed by atoms with E-state index >= 15 is 0 Å². The fourth-order valence-electron chi connectivity index (χ4n) is 3.19. The Hall–Kier alpha value is -1.55. The van der Waals surface area contributed by atoms with Gasteiger partial charge in [-0.15, -0.1) is 0 Å². The molecule has 2 aromatic carbocycles. The highest BCUT2D eigenvalue weighted by atomic mass is 35.5. The fraction of sp³-hybridized carbons (Fsp3) is 0.300. The molecule has 0 aliphatic carbocycles. The van der Waals surface area contributed by atoms with Crippen LogP contribution in [0.5, 0.6) is 0 Å². The van der Waals surface area contributed by atoms with Crippen molar-refractivity contribution in [3.8, 4) is 0 Å². The number of hydrogen-bond acceptors (Lipinski definition) is 2. The second kappa shape index (κ2) is 8.43. The van der Waals surface area contributed by atoms with E-state index in [0.29, 0.717) is 46.6 Å². The topological polar surface area (TPSA) is 37.4 Å². The summed E-state index contributed by atoms with van der Waals surface area (Å²) in [7, 11) is 0. The van der Waals surface area contributed by atoms with E-state index < -0.39 is 0 Å². The van der Waals surface area contributed by atoms with Crippen LogP contribution in [0.2, 0.25) is 15.1 Å². The molecule has 1 aliphatic rings. The summed E-state index contributed by atoms with van der Waals surface area (Å²) in [4.78, 5) is 27.0. The number of likely N-dealkylation sites (tertiary alicyclic amines) is 1. The normalized spacial score (nSPS) is 15.1. The maximum atomic E-state index is 12.7. The van der Waals surface area contributed by atoms with Gasteiger partial charge in [0, 0.05) is 29.6 Å². The smallest absolute Gasteiger partial charge is 0.227 e. The summed E-state index contributed by atoms with van der Waals surface area (Å²) < 4.78 is 0. The molecule has 0 atom stereocenters. The minimum atomic E-state index is -0.100. The number of carbonyl (C=O) groups excluding carboxylic acids is 2. The Morgan fingerprint density at radius 1 is 0.923 bits per heavy atom. The minimum Gasteiger partial charge on any atom is -0.342 e. The van der Waals surface area contributed by atoms with E-state index in [9.17, 15) is 9.59 Å². The number of rotatable bonds is 4. The number of nitrogens with zero attached hydrogens (tertiary/aromatic N) is 1. The maximum Gasteiger partial charge on any atom is 0.227 e. The first-order valence-corrected chi connectivity index (χ1v) is 9.59. The van der Waals surface area contributed by atoms with Gasteiger partial charge in [-0.25, -0.2) is 0 Å². The van der Waals surface area contributed by atoms with Crippen molar-refractivity contribution in [3.63, 3.8) is 0 Å². The SMILES string of the molecule is O=C(c1ccc(Cl)c(Cl)c1)C1CCN(C(=O)Cc2ccccc2Cl)CC1. The lowest BCUT2D eigenvalue weighted by Crippen LogP contribution is -2.41. The predicted molar refractivity (Wildman–Crippen MR) is 105 cm³/mol. The van der Waals surface area contributed by atoms with Gasteiger partial charge in [0.15, 0.2) is 5.78 Å². The van der Waals surface area contributed by atoms with E-state index in [4.69, 9.17) is 34.8 Å². The van der Waals surface area contributed by atoms with Crippen LogP contribution >= 0.6 is 34.8 Å². The average Bonchev–Trinajstić information content (AvgIpc) is 2.65. The van der Waals surface area contributed by atoms with E-state index in [-0.39, 0.29) is 24.0 Å². The van der Waals surface area contributed by atoms with Gasteiger partial charge in [0.2, 0.25) is 5.91 Å². The van der Waals surface area contributed by atoms with Crippen molar-refractivity contribution in [2.45, 2.75) is 19.3 Å². The highest BCUT2D eigenvalue weighted by molar-refractivity contribution is 6.42. The first kappa shape index (κ1) is 19.2. The Labute approximate surface area is 167 Å². The highest BCUT2D eigenvalue weighted by Gasteiger charge is 2.28. The Morgan fingerprint density at radius 3 is 2.27 bits per heavy atom. The molecule has 1 saturated heterocycles. The van der Waals surface area contributed by atoms with E-state index in [1.54, 1.807) is 24.3 Å². The Morgan fingerprint density at radius 2 is 1.62 bits per heavy atom. The number of Topliss-reactive ketones (excluding diaryl/α,β-unsaturated/α-hetero) is 1. The number of amides is 1. The number of hydrogen-bond donors (Lipinski definition) is 0. The molecule has 0 radical (unpaired) electrons. The van der Waals surface area contributed by atoms with Gasteiger partial charge in [-0.3, -0.25) is 9.59 Å². The van der Waals surface area contributed by atoms with Crippen LogP contribution in [-0.2, 0) is 11.2 Å². The first-order chi connectivity index (χ1) is 12.5. The van der Waals surface area contributed by atoms with E-state index in [2.05, 4.69) is 0 Å². The molecule has 0 spiro atoms. The first-order valence-electron chi connectivity index (χ1n) is 8.46. The molecule has 0 aromatic heterocycles. The van der Waals surface area contributed by atoms with Crippen LogP contribution in [-0.4, -0.2) is 29.7 Å². The molecule has 1 heterocycles. The van der Waals surface area contributed by atoms with Gasteiger partial charge < -0.3 is 4.90 Å². The lowest BCUT2D eigenvalue weighted by molar-refractivity contribution is -0.131. The average molecular weight is 411 g/mol.